The first-order chi connectivity index (χ1) is 10.2. The molecule has 1 aromatic carbocycles. The van der Waals surface area contributed by atoms with Gasteiger partial charge in [-0.15, -0.1) is 0 Å². The number of fused-ring (bicyclic) bond motifs is 1. The smallest absolute Gasteiger partial charge is 0.128 e. The normalized spacial score (nSPS) is 12.5. The van der Waals surface area contributed by atoms with Crippen molar-refractivity contribution in [2.45, 2.75) is 6.04 Å². The maximum atomic E-state index is 6.06. The lowest BCUT2D eigenvalue weighted by atomic mass is 9.99. The van der Waals surface area contributed by atoms with Crippen LogP contribution in [0.3, 0.4) is 0 Å². The molecular weight excluding hydrogens is 284 g/mol. The van der Waals surface area contributed by atoms with Gasteiger partial charge in [0.05, 0.1) is 16.8 Å². The van der Waals surface area contributed by atoms with Crippen molar-refractivity contribution in [1.29, 1.82) is 0 Å². The molecule has 3 rings (SSSR count). The highest BCUT2D eigenvalue weighted by Crippen LogP contribution is 2.30. The Labute approximate surface area is 128 Å². The summed E-state index contributed by atoms with van der Waals surface area (Å²) in [4.78, 5) is 8.67. The van der Waals surface area contributed by atoms with Crippen molar-refractivity contribution in [1.82, 2.24) is 15.3 Å². The van der Waals surface area contributed by atoms with Crippen molar-refractivity contribution in [2.24, 2.45) is 0 Å². The fourth-order valence-electron chi connectivity index (χ4n) is 2.51. The number of hydrogen-bond donors (Lipinski definition) is 2. The molecule has 0 fully saturated rings. The summed E-state index contributed by atoms with van der Waals surface area (Å²) >= 11 is 6.06. The Kier molecular flexibility index (Phi) is 3.73. The van der Waals surface area contributed by atoms with Crippen LogP contribution in [0.5, 0.6) is 0 Å². The third-order valence-corrected chi connectivity index (χ3v) is 3.70. The number of halogens is 1. The fourth-order valence-corrected chi connectivity index (χ4v) is 2.68. The van der Waals surface area contributed by atoms with Crippen LogP contribution in [0, 0.1) is 0 Å². The highest BCUT2D eigenvalue weighted by molar-refractivity contribution is 6.30. The van der Waals surface area contributed by atoms with Gasteiger partial charge in [-0.3, -0.25) is 4.98 Å². The monoisotopic (exact) mass is 298 g/mol. The molecule has 106 valence electrons. The number of benzene rings is 1. The molecule has 3 N–H and O–H groups in total. The van der Waals surface area contributed by atoms with Crippen LogP contribution in [-0.4, -0.2) is 17.0 Å². The van der Waals surface area contributed by atoms with Crippen molar-refractivity contribution in [3.8, 4) is 0 Å². The molecule has 0 saturated heterocycles. The summed E-state index contributed by atoms with van der Waals surface area (Å²) < 4.78 is 0. The zero-order chi connectivity index (χ0) is 14.8. The Hall–Kier alpha value is -2.17. The molecule has 1 atom stereocenters. The minimum atomic E-state index is -0.165. The van der Waals surface area contributed by atoms with Crippen molar-refractivity contribution in [3.05, 3.63) is 65.1 Å². The Morgan fingerprint density at radius 1 is 1.19 bits per heavy atom. The first-order valence-electron chi connectivity index (χ1n) is 6.62. The molecule has 5 heteroatoms. The van der Waals surface area contributed by atoms with E-state index in [1.807, 2.05) is 31.3 Å². The SMILES string of the molecule is CNC(c1cc(Cl)cnc1N)c1nccc2ccccc12. The lowest BCUT2D eigenvalue weighted by molar-refractivity contribution is 0.677. The van der Waals surface area contributed by atoms with E-state index in [4.69, 9.17) is 17.3 Å². The average Bonchev–Trinajstić information content (AvgIpc) is 2.51. The molecular formula is C16H15ClN4. The number of pyridine rings is 2. The molecule has 2 aromatic heterocycles. The van der Waals surface area contributed by atoms with Gasteiger partial charge in [-0.2, -0.15) is 0 Å². The van der Waals surface area contributed by atoms with Gasteiger partial charge in [0.15, 0.2) is 0 Å². The van der Waals surface area contributed by atoms with Gasteiger partial charge in [0.2, 0.25) is 0 Å². The van der Waals surface area contributed by atoms with E-state index < -0.39 is 0 Å². The summed E-state index contributed by atoms with van der Waals surface area (Å²) in [6.07, 6.45) is 3.35. The molecule has 21 heavy (non-hydrogen) atoms. The van der Waals surface area contributed by atoms with E-state index in [1.54, 1.807) is 12.4 Å². The number of anilines is 1. The van der Waals surface area contributed by atoms with Gasteiger partial charge >= 0.3 is 0 Å². The molecule has 0 aliphatic carbocycles. The standard InChI is InChI=1S/C16H15ClN4/c1-19-14(13-8-11(17)9-21-16(13)18)15-12-5-3-2-4-10(12)6-7-20-15/h2-9,14,19H,1H3,(H2,18,21). The number of nitrogen functional groups attached to an aromatic ring is 1. The van der Waals surface area contributed by atoms with E-state index in [-0.39, 0.29) is 6.04 Å². The van der Waals surface area contributed by atoms with Gasteiger partial charge in [0.1, 0.15) is 5.82 Å². The van der Waals surface area contributed by atoms with Crippen LogP contribution in [0.15, 0.2) is 48.8 Å². The molecule has 0 radical (unpaired) electrons. The lowest BCUT2D eigenvalue weighted by Gasteiger charge is -2.19. The summed E-state index contributed by atoms with van der Waals surface area (Å²) in [5.74, 6) is 0.452. The van der Waals surface area contributed by atoms with Crippen LogP contribution in [0.4, 0.5) is 5.82 Å². The van der Waals surface area contributed by atoms with Crippen LogP contribution in [0.2, 0.25) is 5.02 Å². The molecule has 0 amide bonds. The maximum absolute atomic E-state index is 6.06. The highest BCUT2D eigenvalue weighted by atomic mass is 35.5. The fraction of sp³-hybridized carbons (Fsp3) is 0.125. The number of aromatic nitrogens is 2. The van der Waals surface area contributed by atoms with Crippen molar-refractivity contribution in [2.75, 3.05) is 12.8 Å². The van der Waals surface area contributed by atoms with Crippen LogP contribution in [0.1, 0.15) is 17.3 Å². The Morgan fingerprint density at radius 3 is 2.81 bits per heavy atom. The minimum absolute atomic E-state index is 0.165. The molecule has 0 aliphatic rings. The predicted octanol–water partition coefficient (Wildman–Crippen LogP) is 3.17. The van der Waals surface area contributed by atoms with Crippen molar-refractivity contribution >= 4 is 28.2 Å². The van der Waals surface area contributed by atoms with Crippen molar-refractivity contribution in [3.63, 3.8) is 0 Å². The van der Waals surface area contributed by atoms with Gasteiger partial charge in [-0.1, -0.05) is 35.9 Å². The summed E-state index contributed by atoms with van der Waals surface area (Å²) in [7, 11) is 1.87. The highest BCUT2D eigenvalue weighted by Gasteiger charge is 2.19. The number of hydrogen-bond acceptors (Lipinski definition) is 4. The summed E-state index contributed by atoms with van der Waals surface area (Å²) in [5.41, 5.74) is 7.75. The molecule has 0 aliphatic heterocycles. The zero-order valence-electron chi connectivity index (χ0n) is 11.5. The van der Waals surface area contributed by atoms with E-state index >= 15 is 0 Å². The molecule has 1 unspecified atom stereocenters. The molecule has 4 nitrogen and oxygen atoms in total. The Balaban J connectivity index is 2.21. The van der Waals surface area contributed by atoms with Gasteiger partial charge in [0.25, 0.3) is 0 Å². The van der Waals surface area contributed by atoms with E-state index in [0.29, 0.717) is 10.8 Å². The second-order valence-corrected chi connectivity index (χ2v) is 5.20. The third kappa shape index (κ3) is 2.55. The molecule has 0 saturated carbocycles. The van der Waals surface area contributed by atoms with Crippen LogP contribution in [0.25, 0.3) is 10.8 Å². The van der Waals surface area contributed by atoms with Crippen LogP contribution >= 0.6 is 11.6 Å². The van der Waals surface area contributed by atoms with Crippen LogP contribution in [-0.2, 0) is 0 Å². The van der Waals surface area contributed by atoms with Gasteiger partial charge in [-0.05, 0) is 24.6 Å². The average molecular weight is 299 g/mol. The number of nitrogens with zero attached hydrogens (tertiary/aromatic N) is 2. The van der Waals surface area contributed by atoms with Crippen molar-refractivity contribution < 1.29 is 0 Å². The van der Waals surface area contributed by atoms with E-state index in [9.17, 15) is 0 Å². The molecule has 0 bridgehead atoms. The van der Waals surface area contributed by atoms with Crippen LogP contribution < -0.4 is 11.1 Å². The molecule has 2 heterocycles. The summed E-state index contributed by atoms with van der Waals surface area (Å²) in [5, 5.41) is 6.03. The first-order valence-corrected chi connectivity index (χ1v) is 7.00. The molecule has 0 spiro atoms. The summed E-state index contributed by atoms with van der Waals surface area (Å²) in [6.45, 7) is 0. The lowest BCUT2D eigenvalue weighted by Crippen LogP contribution is -2.21. The van der Waals surface area contributed by atoms with Gasteiger partial charge < -0.3 is 11.1 Å². The predicted molar refractivity (Wildman–Crippen MR) is 86.3 cm³/mol. The maximum Gasteiger partial charge on any atom is 0.128 e. The van der Waals surface area contributed by atoms with E-state index in [0.717, 1.165) is 22.0 Å². The van der Waals surface area contributed by atoms with Gasteiger partial charge in [-0.25, -0.2) is 4.98 Å². The van der Waals surface area contributed by atoms with Gasteiger partial charge in [0, 0.05) is 23.3 Å². The number of rotatable bonds is 3. The third-order valence-electron chi connectivity index (χ3n) is 3.49. The Bertz CT molecular complexity index is 783. The topological polar surface area (TPSA) is 63.8 Å². The molecule has 3 aromatic rings. The Morgan fingerprint density at radius 2 is 2.00 bits per heavy atom. The van der Waals surface area contributed by atoms with E-state index in [1.165, 1.54) is 0 Å². The second-order valence-electron chi connectivity index (χ2n) is 4.77. The minimum Gasteiger partial charge on any atom is -0.383 e. The quantitative estimate of drug-likeness (QED) is 0.779. The largest absolute Gasteiger partial charge is 0.383 e. The van der Waals surface area contributed by atoms with E-state index in [2.05, 4.69) is 27.4 Å². The number of nitrogens with one attached hydrogen (secondary N) is 1. The first kappa shape index (κ1) is 13.8. The number of nitrogens with two attached hydrogens (primary N) is 1. The summed E-state index contributed by atoms with van der Waals surface area (Å²) in [6, 6.07) is 11.8. The second kappa shape index (κ2) is 5.68. The zero-order valence-corrected chi connectivity index (χ0v) is 12.3.